The molecule has 0 atom stereocenters. The maximum Gasteiger partial charge on any atom is 0.141 e. The van der Waals surface area contributed by atoms with E-state index in [0.717, 1.165) is 0 Å². The summed E-state index contributed by atoms with van der Waals surface area (Å²) in [7, 11) is 1.45. The quantitative estimate of drug-likeness (QED) is 0.850. The maximum atomic E-state index is 13.0. The molecule has 0 aliphatic rings. The maximum absolute atomic E-state index is 13.0. The molecule has 2 nitrogen and oxygen atoms in total. The summed E-state index contributed by atoms with van der Waals surface area (Å²) in [5.74, 6) is -0.0440. The average Bonchev–Trinajstić information content (AvgIpc) is 2.09. The third-order valence-corrected chi connectivity index (χ3v) is 2.23. The van der Waals surface area contributed by atoms with Crippen LogP contribution in [0.4, 0.5) is 4.39 Å². The summed E-state index contributed by atoms with van der Waals surface area (Å²) in [6.45, 7) is -0.194. The Hall–Kier alpha value is -0.610. The Balaban J connectivity index is 3.19. The normalized spacial score (nSPS) is 10.0. The van der Waals surface area contributed by atoms with Crippen LogP contribution in [-0.4, -0.2) is 12.2 Å². The van der Waals surface area contributed by atoms with Crippen molar-refractivity contribution in [1.82, 2.24) is 0 Å². The minimum absolute atomic E-state index is 0.194. The molecule has 1 aromatic rings. The van der Waals surface area contributed by atoms with Crippen molar-refractivity contribution < 1.29 is 14.2 Å². The summed E-state index contributed by atoms with van der Waals surface area (Å²) in [5, 5.41) is 8.74. The van der Waals surface area contributed by atoms with Crippen LogP contribution in [-0.2, 0) is 6.61 Å². The van der Waals surface area contributed by atoms with Crippen molar-refractivity contribution in [2.45, 2.75) is 6.61 Å². The fourth-order valence-electron chi connectivity index (χ4n) is 0.857. The Morgan fingerprint density at radius 2 is 2.25 bits per heavy atom. The summed E-state index contributed by atoms with van der Waals surface area (Å²) < 4.78 is 18.1. The van der Waals surface area contributed by atoms with Crippen molar-refractivity contribution in [1.29, 1.82) is 0 Å². The van der Waals surface area contributed by atoms with Crippen molar-refractivity contribution in [2.75, 3.05) is 7.11 Å². The second kappa shape index (κ2) is 3.87. The van der Waals surface area contributed by atoms with E-state index in [9.17, 15) is 4.39 Å². The zero-order valence-electron chi connectivity index (χ0n) is 6.47. The Morgan fingerprint density at radius 3 is 2.75 bits per heavy atom. The Labute approximate surface area is 78.1 Å². The first-order chi connectivity index (χ1) is 5.69. The Morgan fingerprint density at radius 1 is 1.58 bits per heavy atom. The van der Waals surface area contributed by atoms with Crippen LogP contribution < -0.4 is 4.74 Å². The van der Waals surface area contributed by atoms with Crippen molar-refractivity contribution in [3.05, 3.63) is 28.0 Å². The summed E-state index contributed by atoms with van der Waals surface area (Å²) in [6, 6.07) is 2.83. The zero-order valence-corrected chi connectivity index (χ0v) is 8.06. The minimum Gasteiger partial charge on any atom is -0.495 e. The second-order valence-electron chi connectivity index (χ2n) is 2.25. The highest BCUT2D eigenvalue weighted by Gasteiger charge is 2.07. The van der Waals surface area contributed by atoms with Crippen molar-refractivity contribution in [2.24, 2.45) is 0 Å². The molecule has 0 saturated carbocycles. The van der Waals surface area contributed by atoms with Gasteiger partial charge in [0.05, 0.1) is 18.2 Å². The lowest BCUT2D eigenvalue weighted by molar-refractivity contribution is 0.280. The van der Waals surface area contributed by atoms with Crippen LogP contribution in [0.15, 0.2) is 16.6 Å². The van der Waals surface area contributed by atoms with Gasteiger partial charge in [-0.1, -0.05) is 0 Å². The molecule has 0 unspecified atom stereocenters. The van der Waals surface area contributed by atoms with Crippen molar-refractivity contribution in [3.8, 4) is 5.75 Å². The van der Waals surface area contributed by atoms with Gasteiger partial charge >= 0.3 is 0 Å². The lowest BCUT2D eigenvalue weighted by atomic mass is 10.2. The van der Waals surface area contributed by atoms with Gasteiger partial charge in [-0.2, -0.15) is 0 Å². The largest absolute Gasteiger partial charge is 0.495 e. The van der Waals surface area contributed by atoms with Gasteiger partial charge in [0.2, 0.25) is 0 Å². The van der Waals surface area contributed by atoms with Gasteiger partial charge in [-0.3, -0.25) is 0 Å². The average molecular weight is 235 g/mol. The molecule has 0 radical (unpaired) electrons. The van der Waals surface area contributed by atoms with Crippen LogP contribution in [0.2, 0.25) is 0 Å². The van der Waals surface area contributed by atoms with Crippen LogP contribution in [0.5, 0.6) is 5.75 Å². The predicted molar refractivity (Wildman–Crippen MR) is 46.6 cm³/mol. The highest BCUT2D eigenvalue weighted by molar-refractivity contribution is 9.10. The number of hydrogen-bond donors (Lipinski definition) is 1. The molecule has 1 rings (SSSR count). The van der Waals surface area contributed by atoms with Crippen LogP contribution in [0.3, 0.4) is 0 Å². The van der Waals surface area contributed by atoms with E-state index in [0.29, 0.717) is 11.3 Å². The molecule has 0 saturated heterocycles. The van der Waals surface area contributed by atoms with Gasteiger partial charge in [0.15, 0.2) is 0 Å². The smallest absolute Gasteiger partial charge is 0.141 e. The molecule has 0 fully saturated rings. The molecule has 0 amide bonds. The van der Waals surface area contributed by atoms with E-state index >= 15 is 0 Å². The fourth-order valence-corrected chi connectivity index (χ4v) is 1.25. The first-order valence-electron chi connectivity index (χ1n) is 3.31. The van der Waals surface area contributed by atoms with Gasteiger partial charge < -0.3 is 9.84 Å². The number of ether oxygens (including phenoxy) is 1. The van der Waals surface area contributed by atoms with Crippen molar-refractivity contribution >= 4 is 15.9 Å². The number of hydrogen-bond acceptors (Lipinski definition) is 2. The summed E-state index contributed by atoms with van der Waals surface area (Å²) in [6.07, 6.45) is 0. The third-order valence-electron chi connectivity index (χ3n) is 1.46. The zero-order chi connectivity index (χ0) is 9.14. The molecule has 4 heteroatoms. The first-order valence-corrected chi connectivity index (χ1v) is 4.11. The lowest BCUT2D eigenvalue weighted by Crippen LogP contribution is -1.91. The highest BCUT2D eigenvalue weighted by atomic mass is 79.9. The van der Waals surface area contributed by atoms with E-state index in [2.05, 4.69) is 15.9 Å². The molecule has 0 aromatic heterocycles. The molecule has 0 aliphatic heterocycles. The van der Waals surface area contributed by atoms with Crippen LogP contribution in [0.1, 0.15) is 5.56 Å². The van der Waals surface area contributed by atoms with Crippen LogP contribution >= 0.6 is 15.9 Å². The van der Waals surface area contributed by atoms with E-state index < -0.39 is 5.82 Å². The van der Waals surface area contributed by atoms with Crippen molar-refractivity contribution in [3.63, 3.8) is 0 Å². The minimum atomic E-state index is -0.432. The molecular formula is C8H8BrFO2. The highest BCUT2D eigenvalue weighted by Crippen LogP contribution is 2.28. The van der Waals surface area contributed by atoms with Crippen LogP contribution in [0.25, 0.3) is 0 Å². The molecule has 0 bridgehead atoms. The topological polar surface area (TPSA) is 29.5 Å². The SMILES string of the molecule is COc1cc(CO)cc(F)c1Br. The number of methoxy groups -OCH3 is 1. The van der Waals surface area contributed by atoms with E-state index in [1.165, 1.54) is 13.2 Å². The van der Waals surface area contributed by atoms with E-state index in [1.807, 2.05) is 0 Å². The van der Waals surface area contributed by atoms with E-state index in [-0.39, 0.29) is 11.1 Å². The van der Waals surface area contributed by atoms with Crippen LogP contribution in [0, 0.1) is 5.82 Å². The monoisotopic (exact) mass is 234 g/mol. The van der Waals surface area contributed by atoms with Gasteiger partial charge in [-0.15, -0.1) is 0 Å². The molecule has 1 aromatic carbocycles. The molecule has 1 N–H and O–H groups in total. The molecule has 0 spiro atoms. The van der Waals surface area contributed by atoms with E-state index in [4.69, 9.17) is 9.84 Å². The number of halogens is 2. The van der Waals surface area contributed by atoms with Gasteiger partial charge in [-0.05, 0) is 33.6 Å². The Kier molecular flexibility index (Phi) is 3.05. The number of aliphatic hydroxyl groups is 1. The summed E-state index contributed by atoms with van der Waals surface area (Å²) >= 11 is 3.02. The van der Waals surface area contributed by atoms with Gasteiger partial charge in [-0.25, -0.2) is 4.39 Å². The van der Waals surface area contributed by atoms with Gasteiger partial charge in [0.25, 0.3) is 0 Å². The molecule has 12 heavy (non-hydrogen) atoms. The summed E-state index contributed by atoms with van der Waals surface area (Å²) in [4.78, 5) is 0. The molecule has 0 heterocycles. The van der Waals surface area contributed by atoms with Gasteiger partial charge in [0, 0.05) is 0 Å². The van der Waals surface area contributed by atoms with Gasteiger partial charge in [0.1, 0.15) is 11.6 Å². The number of aliphatic hydroxyl groups excluding tert-OH is 1. The number of benzene rings is 1. The van der Waals surface area contributed by atoms with E-state index in [1.54, 1.807) is 6.07 Å². The number of rotatable bonds is 2. The lowest BCUT2D eigenvalue weighted by Gasteiger charge is -2.05. The fraction of sp³-hybridized carbons (Fsp3) is 0.250. The third kappa shape index (κ3) is 1.76. The summed E-state index contributed by atoms with van der Waals surface area (Å²) in [5.41, 5.74) is 0.493. The second-order valence-corrected chi connectivity index (χ2v) is 3.04. The molecule has 66 valence electrons. The molecule has 0 aliphatic carbocycles. The first kappa shape index (κ1) is 9.48. The molecular weight excluding hydrogens is 227 g/mol. The Bertz CT molecular complexity index is 289. The standard InChI is InChI=1S/C8H8BrFO2/c1-12-7-3-5(4-11)2-6(10)8(7)9/h2-3,11H,4H2,1H3. The predicted octanol–water partition coefficient (Wildman–Crippen LogP) is 2.09.